The van der Waals surface area contributed by atoms with Gasteiger partial charge in [-0.3, -0.25) is 0 Å². The van der Waals surface area contributed by atoms with E-state index in [9.17, 15) is 4.79 Å². The molecule has 0 amide bonds. The molecule has 2 rings (SSSR count). The molecule has 0 radical (unpaired) electrons. The van der Waals surface area contributed by atoms with Crippen molar-refractivity contribution in [3.05, 3.63) is 29.6 Å². The summed E-state index contributed by atoms with van der Waals surface area (Å²) < 4.78 is 1.55. The van der Waals surface area contributed by atoms with Gasteiger partial charge in [-0.05, 0) is 22.6 Å². The van der Waals surface area contributed by atoms with Crippen molar-refractivity contribution in [3.63, 3.8) is 0 Å². The van der Waals surface area contributed by atoms with E-state index in [-0.39, 0.29) is 5.69 Å². The molecular formula is C9H9N5O2S. The van der Waals surface area contributed by atoms with Crippen LogP contribution in [0.25, 0.3) is 0 Å². The Labute approximate surface area is 101 Å². The van der Waals surface area contributed by atoms with E-state index in [2.05, 4.69) is 20.5 Å². The Kier molecular flexibility index (Phi) is 3.33. The number of tetrazole rings is 1. The fourth-order valence-electron chi connectivity index (χ4n) is 1.16. The largest absolute Gasteiger partial charge is 0.477 e. The second kappa shape index (κ2) is 4.91. The van der Waals surface area contributed by atoms with Crippen LogP contribution in [0.5, 0.6) is 0 Å². The first-order valence-corrected chi connectivity index (χ1v) is 5.70. The number of carboxylic acid groups (broad SMARTS) is 1. The van der Waals surface area contributed by atoms with Crippen LogP contribution in [0.3, 0.4) is 0 Å². The lowest BCUT2D eigenvalue weighted by Crippen LogP contribution is -2.02. The Morgan fingerprint density at radius 3 is 3.00 bits per heavy atom. The van der Waals surface area contributed by atoms with Crippen molar-refractivity contribution in [2.24, 2.45) is 7.05 Å². The SMILES string of the molecule is Cn1nnnc1SCc1cccc(C(=O)O)n1. The van der Waals surface area contributed by atoms with Crippen molar-refractivity contribution in [2.75, 3.05) is 0 Å². The molecule has 0 aliphatic heterocycles. The third-order valence-corrected chi connectivity index (χ3v) is 3.00. The van der Waals surface area contributed by atoms with Gasteiger partial charge in [0.25, 0.3) is 0 Å². The number of aromatic carboxylic acids is 1. The molecule has 8 heteroatoms. The monoisotopic (exact) mass is 251 g/mol. The van der Waals surface area contributed by atoms with Gasteiger partial charge in [0.1, 0.15) is 5.69 Å². The standard InChI is InChI=1S/C9H9N5O2S/c1-14-9(11-12-13-14)17-5-6-3-2-4-7(10-6)8(15)16/h2-4H,5H2,1H3,(H,15,16). The molecule has 0 saturated carbocycles. The summed E-state index contributed by atoms with van der Waals surface area (Å²) in [7, 11) is 1.74. The highest BCUT2D eigenvalue weighted by atomic mass is 32.2. The zero-order valence-electron chi connectivity index (χ0n) is 8.94. The van der Waals surface area contributed by atoms with Crippen LogP contribution in [-0.2, 0) is 12.8 Å². The summed E-state index contributed by atoms with van der Waals surface area (Å²) in [4.78, 5) is 14.7. The molecule has 0 aromatic carbocycles. The molecule has 2 aromatic heterocycles. The second-order valence-corrected chi connectivity index (χ2v) is 4.14. The topological polar surface area (TPSA) is 93.8 Å². The minimum Gasteiger partial charge on any atom is -0.477 e. The first-order valence-electron chi connectivity index (χ1n) is 4.71. The summed E-state index contributed by atoms with van der Waals surface area (Å²) in [5.41, 5.74) is 0.720. The molecule has 1 N–H and O–H groups in total. The number of rotatable bonds is 4. The fourth-order valence-corrected chi connectivity index (χ4v) is 1.92. The fraction of sp³-hybridized carbons (Fsp3) is 0.222. The molecule has 0 bridgehead atoms. The lowest BCUT2D eigenvalue weighted by Gasteiger charge is -2.00. The molecule has 0 unspecified atom stereocenters. The summed E-state index contributed by atoms with van der Waals surface area (Å²) in [6.45, 7) is 0. The quantitative estimate of drug-likeness (QED) is 0.795. The van der Waals surface area contributed by atoms with Crippen LogP contribution in [-0.4, -0.2) is 36.3 Å². The molecule has 0 atom stereocenters. The van der Waals surface area contributed by atoms with Crippen LogP contribution in [0, 0.1) is 0 Å². The zero-order valence-corrected chi connectivity index (χ0v) is 9.76. The summed E-state index contributed by atoms with van der Waals surface area (Å²) in [6, 6.07) is 4.89. The average Bonchev–Trinajstić information content (AvgIpc) is 2.72. The van der Waals surface area contributed by atoms with Gasteiger partial charge in [-0.1, -0.05) is 17.8 Å². The van der Waals surface area contributed by atoms with E-state index in [1.807, 2.05) is 0 Å². The highest BCUT2D eigenvalue weighted by Crippen LogP contribution is 2.17. The molecule has 0 aliphatic carbocycles. The van der Waals surface area contributed by atoms with E-state index < -0.39 is 5.97 Å². The van der Waals surface area contributed by atoms with Gasteiger partial charge in [-0.2, -0.15) is 0 Å². The number of carbonyl (C=O) groups is 1. The first-order chi connectivity index (χ1) is 8.16. The second-order valence-electron chi connectivity index (χ2n) is 3.19. The van der Waals surface area contributed by atoms with Gasteiger partial charge in [0, 0.05) is 12.8 Å². The van der Waals surface area contributed by atoms with Crippen molar-refractivity contribution in [2.45, 2.75) is 10.9 Å². The van der Waals surface area contributed by atoms with E-state index in [0.717, 1.165) is 0 Å². The molecule has 0 spiro atoms. The van der Waals surface area contributed by atoms with Gasteiger partial charge in [0.15, 0.2) is 0 Å². The summed E-state index contributed by atoms with van der Waals surface area (Å²) in [5.74, 6) is -0.507. The van der Waals surface area contributed by atoms with E-state index in [1.54, 1.807) is 23.9 Å². The highest BCUT2D eigenvalue weighted by Gasteiger charge is 2.07. The summed E-state index contributed by atoms with van der Waals surface area (Å²) >= 11 is 1.40. The Morgan fingerprint density at radius 2 is 2.35 bits per heavy atom. The van der Waals surface area contributed by atoms with Crippen molar-refractivity contribution in [1.82, 2.24) is 25.2 Å². The smallest absolute Gasteiger partial charge is 0.354 e. The summed E-state index contributed by atoms with van der Waals surface area (Å²) in [5, 5.41) is 20.5. The number of aryl methyl sites for hydroxylation is 1. The van der Waals surface area contributed by atoms with E-state index in [0.29, 0.717) is 16.6 Å². The maximum absolute atomic E-state index is 10.7. The zero-order chi connectivity index (χ0) is 12.3. The van der Waals surface area contributed by atoms with Gasteiger partial charge in [0.05, 0.1) is 5.69 Å². The van der Waals surface area contributed by atoms with Crippen molar-refractivity contribution in [3.8, 4) is 0 Å². The number of aromatic nitrogens is 5. The van der Waals surface area contributed by atoms with Crippen molar-refractivity contribution in [1.29, 1.82) is 0 Å². The van der Waals surface area contributed by atoms with Gasteiger partial charge in [-0.25, -0.2) is 14.5 Å². The maximum atomic E-state index is 10.7. The molecule has 17 heavy (non-hydrogen) atoms. The Hall–Kier alpha value is -1.96. The number of hydrogen-bond donors (Lipinski definition) is 1. The average molecular weight is 251 g/mol. The molecule has 0 saturated heterocycles. The predicted octanol–water partition coefficient (Wildman–Crippen LogP) is 0.596. The molecule has 0 aliphatic rings. The summed E-state index contributed by atoms with van der Waals surface area (Å²) in [6.07, 6.45) is 0. The number of carboxylic acids is 1. The third-order valence-electron chi connectivity index (χ3n) is 1.96. The Balaban J connectivity index is 2.07. The first kappa shape index (κ1) is 11.5. The highest BCUT2D eigenvalue weighted by molar-refractivity contribution is 7.98. The van der Waals surface area contributed by atoms with E-state index >= 15 is 0 Å². The van der Waals surface area contributed by atoms with Crippen LogP contribution in [0.15, 0.2) is 23.4 Å². The van der Waals surface area contributed by atoms with Crippen molar-refractivity contribution < 1.29 is 9.90 Å². The third kappa shape index (κ3) is 2.78. The molecule has 7 nitrogen and oxygen atoms in total. The van der Waals surface area contributed by atoms with Crippen molar-refractivity contribution >= 4 is 17.7 Å². The van der Waals surface area contributed by atoms with Gasteiger partial charge in [0.2, 0.25) is 5.16 Å². The Morgan fingerprint density at radius 1 is 1.53 bits per heavy atom. The van der Waals surface area contributed by atoms with Crippen LogP contribution in [0.4, 0.5) is 0 Å². The van der Waals surface area contributed by atoms with Gasteiger partial charge < -0.3 is 5.11 Å². The molecular weight excluding hydrogens is 242 g/mol. The molecule has 2 heterocycles. The molecule has 2 aromatic rings. The van der Waals surface area contributed by atoms with Crippen LogP contribution in [0.2, 0.25) is 0 Å². The van der Waals surface area contributed by atoms with Gasteiger partial charge in [-0.15, -0.1) is 5.10 Å². The van der Waals surface area contributed by atoms with E-state index in [1.165, 1.54) is 17.8 Å². The number of hydrogen-bond acceptors (Lipinski definition) is 6. The van der Waals surface area contributed by atoms with Crippen LogP contribution in [0.1, 0.15) is 16.2 Å². The minimum absolute atomic E-state index is 0.0409. The normalized spacial score (nSPS) is 10.4. The molecule has 88 valence electrons. The lowest BCUT2D eigenvalue weighted by atomic mass is 10.3. The number of pyridine rings is 1. The predicted molar refractivity (Wildman–Crippen MR) is 59.6 cm³/mol. The number of nitrogens with zero attached hydrogens (tertiary/aromatic N) is 5. The lowest BCUT2D eigenvalue weighted by molar-refractivity contribution is 0.0690. The van der Waals surface area contributed by atoms with Crippen LogP contribution >= 0.6 is 11.8 Å². The Bertz CT molecular complexity index is 542. The minimum atomic E-state index is -1.03. The van der Waals surface area contributed by atoms with E-state index in [4.69, 9.17) is 5.11 Å². The van der Waals surface area contributed by atoms with Gasteiger partial charge >= 0.3 is 5.97 Å². The molecule has 0 fully saturated rings. The number of thioether (sulfide) groups is 1. The maximum Gasteiger partial charge on any atom is 0.354 e. The van der Waals surface area contributed by atoms with Crippen LogP contribution < -0.4 is 0 Å².